The van der Waals surface area contributed by atoms with E-state index in [1.165, 1.54) is 6.08 Å². The number of hydrogen-bond donors (Lipinski definition) is 0. The van der Waals surface area contributed by atoms with Gasteiger partial charge in [0.15, 0.2) is 0 Å². The SMILES string of the molecule is CC(Cl)/C=C/C(=O)N(C)Cc1ccc(Cl)cc1. The molecule has 17 heavy (non-hydrogen) atoms. The van der Waals surface area contributed by atoms with Crippen LogP contribution in [0.1, 0.15) is 12.5 Å². The largest absolute Gasteiger partial charge is 0.338 e. The average Bonchev–Trinajstić information content (AvgIpc) is 2.28. The monoisotopic (exact) mass is 271 g/mol. The second kappa shape index (κ2) is 6.67. The molecule has 1 unspecified atom stereocenters. The van der Waals surface area contributed by atoms with Gasteiger partial charge in [-0.2, -0.15) is 0 Å². The maximum atomic E-state index is 11.7. The standard InChI is InChI=1S/C13H15Cl2NO/c1-10(14)3-8-13(17)16(2)9-11-4-6-12(15)7-5-11/h3-8,10H,9H2,1-2H3/b8-3+. The van der Waals surface area contributed by atoms with Crippen molar-refractivity contribution >= 4 is 29.1 Å². The number of nitrogens with zero attached hydrogens (tertiary/aromatic N) is 1. The van der Waals surface area contributed by atoms with Gasteiger partial charge in [0.2, 0.25) is 5.91 Å². The molecule has 0 aromatic heterocycles. The van der Waals surface area contributed by atoms with Crippen molar-refractivity contribution in [3.8, 4) is 0 Å². The summed E-state index contributed by atoms with van der Waals surface area (Å²) in [5, 5.41) is 0.557. The molecule has 0 saturated carbocycles. The normalized spacial score (nSPS) is 12.7. The van der Waals surface area contributed by atoms with Crippen molar-refractivity contribution in [3.63, 3.8) is 0 Å². The summed E-state index contributed by atoms with van der Waals surface area (Å²) in [4.78, 5) is 13.3. The van der Waals surface area contributed by atoms with Crippen LogP contribution in [0, 0.1) is 0 Å². The number of carbonyl (C=O) groups excluding carboxylic acids is 1. The molecule has 1 rings (SSSR count). The third-order valence-corrected chi connectivity index (χ3v) is 2.61. The van der Waals surface area contributed by atoms with Gasteiger partial charge < -0.3 is 4.90 Å². The third kappa shape index (κ3) is 5.24. The van der Waals surface area contributed by atoms with Gasteiger partial charge >= 0.3 is 0 Å². The van der Waals surface area contributed by atoms with Gasteiger partial charge in [0.1, 0.15) is 0 Å². The Morgan fingerprint density at radius 2 is 2.00 bits per heavy atom. The number of rotatable bonds is 4. The molecule has 1 atom stereocenters. The molecule has 0 fully saturated rings. The summed E-state index contributed by atoms with van der Waals surface area (Å²) >= 11 is 11.5. The van der Waals surface area contributed by atoms with E-state index < -0.39 is 0 Å². The highest BCUT2D eigenvalue weighted by molar-refractivity contribution is 6.30. The van der Waals surface area contributed by atoms with Crippen LogP contribution in [-0.2, 0) is 11.3 Å². The van der Waals surface area contributed by atoms with Crippen molar-refractivity contribution in [1.82, 2.24) is 4.90 Å². The quantitative estimate of drug-likeness (QED) is 0.607. The first-order valence-electron chi connectivity index (χ1n) is 5.31. The minimum absolute atomic E-state index is 0.0625. The fourth-order valence-electron chi connectivity index (χ4n) is 1.28. The van der Waals surface area contributed by atoms with Crippen LogP contribution in [0.5, 0.6) is 0 Å². The highest BCUT2D eigenvalue weighted by Crippen LogP contribution is 2.11. The number of alkyl halides is 1. The molecule has 0 aliphatic heterocycles. The number of likely N-dealkylation sites (N-methyl/N-ethyl adjacent to an activating group) is 1. The van der Waals surface area contributed by atoms with E-state index in [1.807, 2.05) is 31.2 Å². The van der Waals surface area contributed by atoms with E-state index in [0.29, 0.717) is 11.6 Å². The Hall–Kier alpha value is -0.990. The Kier molecular flexibility index (Phi) is 5.52. The smallest absolute Gasteiger partial charge is 0.246 e. The minimum atomic E-state index is -0.136. The van der Waals surface area contributed by atoms with Gasteiger partial charge in [-0.3, -0.25) is 4.79 Å². The third-order valence-electron chi connectivity index (χ3n) is 2.21. The van der Waals surface area contributed by atoms with Gasteiger partial charge in [0, 0.05) is 30.1 Å². The Labute approximate surface area is 112 Å². The first-order valence-corrected chi connectivity index (χ1v) is 6.12. The lowest BCUT2D eigenvalue weighted by Gasteiger charge is -2.15. The minimum Gasteiger partial charge on any atom is -0.338 e. The lowest BCUT2D eigenvalue weighted by atomic mass is 10.2. The zero-order chi connectivity index (χ0) is 12.8. The van der Waals surface area contributed by atoms with E-state index in [4.69, 9.17) is 23.2 Å². The van der Waals surface area contributed by atoms with E-state index in [9.17, 15) is 4.79 Å². The fourth-order valence-corrected chi connectivity index (χ4v) is 1.48. The van der Waals surface area contributed by atoms with E-state index in [2.05, 4.69) is 0 Å². The van der Waals surface area contributed by atoms with Crippen LogP contribution in [0.4, 0.5) is 0 Å². The topological polar surface area (TPSA) is 20.3 Å². The van der Waals surface area contributed by atoms with Crippen molar-refractivity contribution in [3.05, 3.63) is 47.0 Å². The second-order valence-corrected chi connectivity index (χ2v) is 4.98. The van der Waals surface area contributed by atoms with Crippen LogP contribution in [0.15, 0.2) is 36.4 Å². The molecule has 1 aromatic rings. The molecule has 0 heterocycles. The zero-order valence-corrected chi connectivity index (χ0v) is 11.4. The maximum absolute atomic E-state index is 11.7. The summed E-state index contributed by atoms with van der Waals surface area (Å²) in [5.41, 5.74) is 1.04. The molecule has 92 valence electrons. The van der Waals surface area contributed by atoms with Crippen LogP contribution < -0.4 is 0 Å². The zero-order valence-electron chi connectivity index (χ0n) is 9.86. The van der Waals surface area contributed by atoms with Crippen LogP contribution in [-0.4, -0.2) is 23.2 Å². The number of amides is 1. The Morgan fingerprint density at radius 1 is 1.41 bits per heavy atom. The molecular weight excluding hydrogens is 257 g/mol. The molecule has 0 bridgehead atoms. The first-order chi connectivity index (χ1) is 7.99. The first kappa shape index (κ1) is 14.1. The molecule has 0 aliphatic rings. The lowest BCUT2D eigenvalue weighted by Crippen LogP contribution is -2.24. The molecule has 0 spiro atoms. The lowest BCUT2D eigenvalue weighted by molar-refractivity contribution is -0.125. The van der Waals surface area contributed by atoms with Gasteiger partial charge in [0.05, 0.1) is 0 Å². The number of allylic oxidation sites excluding steroid dienone is 1. The van der Waals surface area contributed by atoms with Crippen LogP contribution in [0.3, 0.4) is 0 Å². The molecule has 0 aliphatic carbocycles. The maximum Gasteiger partial charge on any atom is 0.246 e. The molecule has 0 N–H and O–H groups in total. The van der Waals surface area contributed by atoms with Gasteiger partial charge in [-0.25, -0.2) is 0 Å². The number of benzene rings is 1. The van der Waals surface area contributed by atoms with Crippen molar-refractivity contribution < 1.29 is 4.79 Å². The molecule has 1 amide bonds. The van der Waals surface area contributed by atoms with Gasteiger partial charge in [-0.05, 0) is 24.6 Å². The highest BCUT2D eigenvalue weighted by atomic mass is 35.5. The van der Waals surface area contributed by atoms with Gasteiger partial charge in [0.25, 0.3) is 0 Å². The van der Waals surface area contributed by atoms with Crippen molar-refractivity contribution in [1.29, 1.82) is 0 Å². The predicted octanol–water partition coefficient (Wildman–Crippen LogP) is 3.48. The summed E-state index contributed by atoms with van der Waals surface area (Å²) in [6.07, 6.45) is 3.16. The molecule has 0 saturated heterocycles. The fraction of sp³-hybridized carbons (Fsp3) is 0.308. The molecule has 1 aromatic carbocycles. The molecule has 0 radical (unpaired) electrons. The summed E-state index contributed by atoms with van der Waals surface area (Å²) < 4.78 is 0. The van der Waals surface area contributed by atoms with Crippen LogP contribution >= 0.6 is 23.2 Å². The van der Waals surface area contributed by atoms with Gasteiger partial charge in [-0.1, -0.05) is 29.8 Å². The van der Waals surface area contributed by atoms with E-state index in [1.54, 1.807) is 18.0 Å². The van der Waals surface area contributed by atoms with Crippen molar-refractivity contribution in [2.75, 3.05) is 7.05 Å². The van der Waals surface area contributed by atoms with Crippen LogP contribution in [0.25, 0.3) is 0 Å². The Balaban J connectivity index is 2.57. The average molecular weight is 272 g/mol. The van der Waals surface area contributed by atoms with E-state index >= 15 is 0 Å². The van der Waals surface area contributed by atoms with Gasteiger partial charge in [-0.15, -0.1) is 11.6 Å². The Morgan fingerprint density at radius 3 is 2.53 bits per heavy atom. The Bertz CT molecular complexity index is 398. The highest BCUT2D eigenvalue weighted by Gasteiger charge is 2.05. The van der Waals surface area contributed by atoms with E-state index in [-0.39, 0.29) is 11.3 Å². The summed E-state index contributed by atoms with van der Waals surface area (Å²) in [5.74, 6) is -0.0625. The molecule has 2 nitrogen and oxygen atoms in total. The van der Waals surface area contributed by atoms with Crippen LogP contribution in [0.2, 0.25) is 5.02 Å². The van der Waals surface area contributed by atoms with E-state index in [0.717, 1.165) is 5.56 Å². The summed E-state index contributed by atoms with van der Waals surface area (Å²) in [6, 6.07) is 7.43. The summed E-state index contributed by atoms with van der Waals surface area (Å²) in [6.45, 7) is 2.36. The number of carbonyl (C=O) groups is 1. The second-order valence-electron chi connectivity index (χ2n) is 3.86. The summed E-state index contributed by atoms with van der Waals surface area (Å²) in [7, 11) is 1.75. The van der Waals surface area contributed by atoms with Crippen molar-refractivity contribution in [2.45, 2.75) is 18.8 Å². The predicted molar refractivity (Wildman–Crippen MR) is 72.4 cm³/mol. The molecule has 4 heteroatoms. The number of hydrogen-bond acceptors (Lipinski definition) is 1. The van der Waals surface area contributed by atoms with Crippen molar-refractivity contribution in [2.24, 2.45) is 0 Å². The molecular formula is C13H15Cl2NO. The number of halogens is 2.